The van der Waals surface area contributed by atoms with Crippen molar-refractivity contribution in [2.75, 3.05) is 6.54 Å². The molecule has 0 spiro atoms. The smallest absolute Gasteiger partial charge is 0.0941 e. The van der Waals surface area contributed by atoms with Crippen molar-refractivity contribution in [2.45, 2.75) is 72.8 Å². The van der Waals surface area contributed by atoms with E-state index in [4.69, 9.17) is 0 Å². The van der Waals surface area contributed by atoms with E-state index in [0.717, 1.165) is 13.0 Å². The highest BCUT2D eigenvalue weighted by atomic mass is 32.1. The van der Waals surface area contributed by atoms with Gasteiger partial charge in [-0.25, -0.2) is 4.98 Å². The fourth-order valence-corrected chi connectivity index (χ4v) is 3.56. The standard InChI is InChI=1S/C16H30N2S/c1-12(2)13-10-19-14(18-13)8-9-17-16(6,7)11-15(3,4)5/h10,12,17H,8-9,11H2,1-7H3. The van der Waals surface area contributed by atoms with E-state index in [-0.39, 0.29) is 5.54 Å². The number of nitrogens with zero attached hydrogens (tertiary/aromatic N) is 1. The van der Waals surface area contributed by atoms with Gasteiger partial charge in [-0.15, -0.1) is 11.3 Å². The molecule has 0 amide bonds. The second-order valence-electron chi connectivity index (χ2n) is 7.62. The zero-order valence-electron chi connectivity index (χ0n) is 13.6. The third kappa shape index (κ3) is 6.53. The first-order valence-corrected chi connectivity index (χ1v) is 8.16. The molecule has 1 heterocycles. The molecule has 0 atom stereocenters. The number of rotatable bonds is 6. The molecule has 0 aliphatic carbocycles. The van der Waals surface area contributed by atoms with Gasteiger partial charge in [-0.2, -0.15) is 0 Å². The van der Waals surface area contributed by atoms with Crippen molar-refractivity contribution in [3.8, 4) is 0 Å². The van der Waals surface area contributed by atoms with E-state index in [0.29, 0.717) is 11.3 Å². The minimum Gasteiger partial charge on any atom is -0.311 e. The summed E-state index contributed by atoms with van der Waals surface area (Å²) in [4.78, 5) is 4.68. The highest BCUT2D eigenvalue weighted by molar-refractivity contribution is 7.09. The molecular formula is C16H30N2S. The molecule has 0 unspecified atom stereocenters. The summed E-state index contributed by atoms with van der Waals surface area (Å²) in [6.07, 6.45) is 2.21. The van der Waals surface area contributed by atoms with Gasteiger partial charge in [-0.05, 0) is 31.6 Å². The molecule has 110 valence electrons. The molecule has 1 rings (SSSR count). The Hall–Kier alpha value is -0.410. The summed E-state index contributed by atoms with van der Waals surface area (Å²) in [5, 5.41) is 7.12. The summed E-state index contributed by atoms with van der Waals surface area (Å²) in [7, 11) is 0. The van der Waals surface area contributed by atoms with Crippen LogP contribution in [0.4, 0.5) is 0 Å². The summed E-state index contributed by atoms with van der Waals surface area (Å²) in [5.74, 6) is 0.537. The first-order valence-electron chi connectivity index (χ1n) is 7.28. The fourth-order valence-electron chi connectivity index (χ4n) is 2.60. The van der Waals surface area contributed by atoms with Crippen molar-refractivity contribution in [2.24, 2.45) is 5.41 Å². The van der Waals surface area contributed by atoms with Crippen LogP contribution in [0.1, 0.15) is 71.5 Å². The number of thiazole rings is 1. The van der Waals surface area contributed by atoms with Crippen LogP contribution in [0.25, 0.3) is 0 Å². The van der Waals surface area contributed by atoms with E-state index in [9.17, 15) is 0 Å². The van der Waals surface area contributed by atoms with Gasteiger partial charge in [0, 0.05) is 23.9 Å². The average Bonchev–Trinajstić information content (AvgIpc) is 2.61. The third-order valence-electron chi connectivity index (χ3n) is 3.08. The minimum atomic E-state index is 0.191. The second-order valence-corrected chi connectivity index (χ2v) is 8.56. The Bertz CT molecular complexity index is 386. The van der Waals surface area contributed by atoms with Gasteiger partial charge in [0.25, 0.3) is 0 Å². The molecule has 0 radical (unpaired) electrons. The van der Waals surface area contributed by atoms with Crippen LogP contribution in [-0.4, -0.2) is 17.1 Å². The first kappa shape index (κ1) is 16.6. The van der Waals surface area contributed by atoms with E-state index in [1.807, 2.05) is 0 Å². The lowest BCUT2D eigenvalue weighted by Gasteiger charge is -2.33. The minimum absolute atomic E-state index is 0.191. The van der Waals surface area contributed by atoms with Crippen LogP contribution in [0.5, 0.6) is 0 Å². The van der Waals surface area contributed by atoms with Crippen molar-refractivity contribution in [1.29, 1.82) is 0 Å². The summed E-state index contributed by atoms with van der Waals surface area (Å²) in [6.45, 7) is 16.9. The van der Waals surface area contributed by atoms with Crippen LogP contribution in [0, 0.1) is 5.41 Å². The number of hydrogen-bond donors (Lipinski definition) is 1. The Kier molecular flexibility index (Phi) is 5.57. The van der Waals surface area contributed by atoms with Crippen LogP contribution >= 0.6 is 11.3 Å². The van der Waals surface area contributed by atoms with Crippen LogP contribution in [0.3, 0.4) is 0 Å². The molecule has 1 aromatic heterocycles. The number of hydrogen-bond acceptors (Lipinski definition) is 3. The summed E-state index contributed by atoms with van der Waals surface area (Å²) >= 11 is 1.79. The molecule has 0 aliphatic heterocycles. The SMILES string of the molecule is CC(C)c1csc(CCNC(C)(C)CC(C)(C)C)n1. The largest absolute Gasteiger partial charge is 0.311 e. The molecular weight excluding hydrogens is 252 g/mol. The normalized spacial score (nSPS) is 13.3. The highest BCUT2D eigenvalue weighted by Crippen LogP contribution is 2.26. The van der Waals surface area contributed by atoms with E-state index >= 15 is 0 Å². The van der Waals surface area contributed by atoms with Gasteiger partial charge in [0.1, 0.15) is 0 Å². The van der Waals surface area contributed by atoms with E-state index in [2.05, 4.69) is 64.1 Å². The topological polar surface area (TPSA) is 24.9 Å². The van der Waals surface area contributed by atoms with Crippen LogP contribution < -0.4 is 5.32 Å². The van der Waals surface area contributed by atoms with Gasteiger partial charge >= 0.3 is 0 Å². The van der Waals surface area contributed by atoms with Gasteiger partial charge in [0.15, 0.2) is 0 Å². The van der Waals surface area contributed by atoms with Crippen LogP contribution in [-0.2, 0) is 6.42 Å². The van der Waals surface area contributed by atoms with Crippen molar-refractivity contribution in [3.05, 3.63) is 16.1 Å². The molecule has 0 aliphatic rings. The monoisotopic (exact) mass is 282 g/mol. The van der Waals surface area contributed by atoms with Crippen molar-refractivity contribution >= 4 is 11.3 Å². The maximum absolute atomic E-state index is 4.68. The van der Waals surface area contributed by atoms with Gasteiger partial charge in [0.2, 0.25) is 0 Å². The summed E-state index contributed by atoms with van der Waals surface area (Å²) in [5.41, 5.74) is 1.78. The second kappa shape index (κ2) is 6.36. The Morgan fingerprint density at radius 1 is 1.21 bits per heavy atom. The lowest BCUT2D eigenvalue weighted by Crippen LogP contribution is -2.43. The van der Waals surface area contributed by atoms with Gasteiger partial charge in [-0.1, -0.05) is 34.6 Å². The predicted octanol–water partition coefficient (Wildman–Crippen LogP) is 4.61. The Balaban J connectivity index is 2.40. The predicted molar refractivity (Wildman–Crippen MR) is 86.1 cm³/mol. The molecule has 0 bridgehead atoms. The Morgan fingerprint density at radius 3 is 2.32 bits per heavy atom. The number of nitrogens with one attached hydrogen (secondary N) is 1. The van der Waals surface area contributed by atoms with Gasteiger partial charge in [-0.3, -0.25) is 0 Å². The first-order chi connectivity index (χ1) is 8.59. The van der Waals surface area contributed by atoms with E-state index in [1.165, 1.54) is 17.1 Å². The lowest BCUT2D eigenvalue weighted by atomic mass is 9.82. The average molecular weight is 282 g/mol. The van der Waals surface area contributed by atoms with Crippen molar-refractivity contribution in [3.63, 3.8) is 0 Å². The van der Waals surface area contributed by atoms with Crippen molar-refractivity contribution in [1.82, 2.24) is 10.3 Å². The molecule has 1 aromatic rings. The fraction of sp³-hybridized carbons (Fsp3) is 0.812. The van der Waals surface area contributed by atoms with Crippen molar-refractivity contribution < 1.29 is 0 Å². The van der Waals surface area contributed by atoms with Gasteiger partial charge < -0.3 is 5.32 Å². The maximum atomic E-state index is 4.68. The third-order valence-corrected chi connectivity index (χ3v) is 4.00. The zero-order valence-corrected chi connectivity index (χ0v) is 14.4. The van der Waals surface area contributed by atoms with Crippen LogP contribution in [0.2, 0.25) is 0 Å². The summed E-state index contributed by atoms with van der Waals surface area (Å²) in [6, 6.07) is 0. The van der Waals surface area contributed by atoms with Gasteiger partial charge in [0.05, 0.1) is 10.7 Å². The number of aromatic nitrogens is 1. The quantitative estimate of drug-likeness (QED) is 0.824. The molecule has 1 N–H and O–H groups in total. The Morgan fingerprint density at radius 2 is 1.84 bits per heavy atom. The maximum Gasteiger partial charge on any atom is 0.0941 e. The zero-order chi connectivity index (χ0) is 14.7. The van der Waals surface area contributed by atoms with E-state index in [1.54, 1.807) is 11.3 Å². The lowest BCUT2D eigenvalue weighted by molar-refractivity contribution is 0.243. The highest BCUT2D eigenvalue weighted by Gasteiger charge is 2.24. The molecule has 0 fully saturated rings. The van der Waals surface area contributed by atoms with Crippen LogP contribution in [0.15, 0.2) is 5.38 Å². The Labute approximate surface area is 123 Å². The molecule has 3 heteroatoms. The summed E-state index contributed by atoms with van der Waals surface area (Å²) < 4.78 is 0. The molecule has 0 aromatic carbocycles. The molecule has 0 saturated heterocycles. The molecule has 2 nitrogen and oxygen atoms in total. The molecule has 19 heavy (non-hydrogen) atoms. The van der Waals surface area contributed by atoms with E-state index < -0.39 is 0 Å². The molecule has 0 saturated carbocycles.